The average molecular weight is 236 g/mol. The van der Waals surface area contributed by atoms with Gasteiger partial charge in [-0.2, -0.15) is 0 Å². The van der Waals surface area contributed by atoms with E-state index in [2.05, 4.69) is 12.6 Å². The van der Waals surface area contributed by atoms with E-state index in [9.17, 15) is 4.39 Å². The first-order chi connectivity index (χ1) is 8.24. The van der Waals surface area contributed by atoms with Crippen molar-refractivity contribution in [2.75, 3.05) is 6.61 Å². The Morgan fingerprint density at radius 1 is 1.41 bits per heavy atom. The fourth-order valence-corrected chi connectivity index (χ4v) is 1.62. The third-order valence-corrected chi connectivity index (χ3v) is 2.60. The fourth-order valence-electron chi connectivity index (χ4n) is 1.62. The summed E-state index contributed by atoms with van der Waals surface area (Å²) in [7, 11) is 0. The van der Waals surface area contributed by atoms with Gasteiger partial charge in [-0.05, 0) is 37.8 Å². The quantitative estimate of drug-likeness (QED) is 0.482. The molecule has 0 saturated heterocycles. The van der Waals surface area contributed by atoms with Crippen LogP contribution in [0.5, 0.6) is 5.75 Å². The van der Waals surface area contributed by atoms with Crippen LogP contribution in [0.3, 0.4) is 0 Å². The van der Waals surface area contributed by atoms with Crippen molar-refractivity contribution in [1.29, 1.82) is 0 Å². The first kappa shape index (κ1) is 13.8. The summed E-state index contributed by atoms with van der Waals surface area (Å²) in [4.78, 5) is 0. The van der Waals surface area contributed by atoms with E-state index in [1.54, 1.807) is 6.92 Å². The first-order valence-electron chi connectivity index (χ1n) is 6.19. The maximum absolute atomic E-state index is 12.7. The Morgan fingerprint density at radius 2 is 2.18 bits per heavy atom. The van der Waals surface area contributed by atoms with Gasteiger partial charge >= 0.3 is 0 Å². The molecule has 94 valence electrons. The van der Waals surface area contributed by atoms with Gasteiger partial charge in [0, 0.05) is 6.42 Å². The molecule has 0 N–H and O–H groups in total. The van der Waals surface area contributed by atoms with Crippen LogP contribution in [0.1, 0.15) is 31.7 Å². The van der Waals surface area contributed by atoms with Crippen LogP contribution >= 0.6 is 0 Å². The lowest BCUT2D eigenvalue weighted by Crippen LogP contribution is -2.05. The van der Waals surface area contributed by atoms with Crippen LogP contribution in [-0.2, 0) is 6.42 Å². The van der Waals surface area contributed by atoms with Crippen LogP contribution in [0.15, 0.2) is 36.9 Å². The molecule has 0 aliphatic carbocycles. The summed E-state index contributed by atoms with van der Waals surface area (Å²) < 4.78 is 18.3. The van der Waals surface area contributed by atoms with Gasteiger partial charge in [0.15, 0.2) is 0 Å². The predicted octanol–water partition coefficient (Wildman–Crippen LogP) is 4.32. The topological polar surface area (TPSA) is 9.23 Å². The average Bonchev–Trinajstić information content (AvgIpc) is 2.31. The predicted molar refractivity (Wildman–Crippen MR) is 70.3 cm³/mol. The summed E-state index contributed by atoms with van der Waals surface area (Å²) in [5.74, 6) is 0.886. The van der Waals surface area contributed by atoms with Gasteiger partial charge in [-0.15, -0.1) is 6.58 Å². The highest BCUT2D eigenvalue weighted by Gasteiger charge is 2.04. The van der Waals surface area contributed by atoms with E-state index in [-0.39, 0.29) is 0 Å². The number of halogens is 1. The molecule has 17 heavy (non-hydrogen) atoms. The molecule has 1 rings (SSSR count). The van der Waals surface area contributed by atoms with Crippen molar-refractivity contribution >= 4 is 0 Å². The van der Waals surface area contributed by atoms with Crippen LogP contribution in [0.2, 0.25) is 0 Å². The first-order valence-corrected chi connectivity index (χ1v) is 6.19. The normalized spacial score (nSPS) is 12.1. The zero-order valence-corrected chi connectivity index (χ0v) is 10.5. The van der Waals surface area contributed by atoms with Crippen molar-refractivity contribution in [2.45, 2.75) is 38.8 Å². The number of rotatable bonds is 8. The zero-order chi connectivity index (χ0) is 12.5. The minimum absolute atomic E-state index is 0.441. The number of alkyl halides is 1. The Morgan fingerprint density at radius 3 is 2.88 bits per heavy atom. The van der Waals surface area contributed by atoms with Crippen LogP contribution in [-0.4, -0.2) is 12.8 Å². The van der Waals surface area contributed by atoms with E-state index in [4.69, 9.17) is 4.74 Å². The van der Waals surface area contributed by atoms with Gasteiger partial charge in [-0.3, -0.25) is 0 Å². The Bertz CT molecular complexity index is 333. The smallest absolute Gasteiger partial charge is 0.122 e. The molecule has 0 amide bonds. The molecule has 0 saturated carbocycles. The molecule has 0 heterocycles. The van der Waals surface area contributed by atoms with Crippen LogP contribution in [0.25, 0.3) is 0 Å². The lowest BCUT2D eigenvalue weighted by atomic mass is 10.1. The largest absolute Gasteiger partial charge is 0.493 e. The lowest BCUT2D eigenvalue weighted by molar-refractivity contribution is 0.245. The van der Waals surface area contributed by atoms with Gasteiger partial charge < -0.3 is 4.74 Å². The summed E-state index contributed by atoms with van der Waals surface area (Å²) >= 11 is 0. The molecule has 1 nitrogen and oxygen atoms in total. The Balaban J connectivity index is 2.48. The number of allylic oxidation sites excluding steroid dienone is 1. The standard InChI is InChI=1S/C15H21FO/c1-3-4-5-8-14-9-6-7-10-15(14)17-12-11-13(2)16/h3,6-7,9-10,13H,1,4-5,8,11-12H2,2H3/t13-/m0/s1. The van der Waals surface area contributed by atoms with E-state index in [1.807, 2.05) is 24.3 Å². The monoisotopic (exact) mass is 236 g/mol. The number of unbranched alkanes of at least 4 members (excludes halogenated alkanes) is 1. The van der Waals surface area contributed by atoms with Crippen molar-refractivity contribution in [3.05, 3.63) is 42.5 Å². The maximum atomic E-state index is 12.7. The molecule has 0 spiro atoms. The molecule has 1 aromatic carbocycles. The molecule has 0 aliphatic rings. The molecule has 2 heteroatoms. The number of para-hydroxylation sites is 1. The number of hydrogen-bond donors (Lipinski definition) is 0. The van der Waals surface area contributed by atoms with Crippen LogP contribution in [0.4, 0.5) is 4.39 Å². The minimum atomic E-state index is -0.803. The maximum Gasteiger partial charge on any atom is 0.122 e. The molecular formula is C15H21FO. The van der Waals surface area contributed by atoms with Gasteiger partial charge in [0.1, 0.15) is 11.9 Å². The third-order valence-electron chi connectivity index (χ3n) is 2.60. The van der Waals surface area contributed by atoms with Gasteiger partial charge in [-0.25, -0.2) is 4.39 Å². The highest BCUT2D eigenvalue weighted by molar-refractivity contribution is 5.33. The van der Waals surface area contributed by atoms with Crippen molar-refractivity contribution in [3.63, 3.8) is 0 Å². The van der Waals surface area contributed by atoms with E-state index in [0.717, 1.165) is 25.0 Å². The molecule has 0 bridgehead atoms. The highest BCUT2D eigenvalue weighted by atomic mass is 19.1. The molecule has 1 aromatic rings. The molecule has 0 unspecified atom stereocenters. The van der Waals surface area contributed by atoms with Crippen molar-refractivity contribution in [2.24, 2.45) is 0 Å². The number of hydrogen-bond acceptors (Lipinski definition) is 1. The second kappa shape index (κ2) is 7.88. The molecule has 0 aromatic heterocycles. The number of aryl methyl sites for hydroxylation is 1. The minimum Gasteiger partial charge on any atom is -0.493 e. The van der Waals surface area contributed by atoms with Gasteiger partial charge in [0.25, 0.3) is 0 Å². The molecule has 0 radical (unpaired) electrons. The zero-order valence-electron chi connectivity index (χ0n) is 10.5. The van der Waals surface area contributed by atoms with Crippen LogP contribution in [0, 0.1) is 0 Å². The molecule has 1 atom stereocenters. The highest BCUT2D eigenvalue weighted by Crippen LogP contribution is 2.20. The summed E-state index contributed by atoms with van der Waals surface area (Å²) in [5.41, 5.74) is 1.20. The fraction of sp³-hybridized carbons (Fsp3) is 0.467. The van der Waals surface area contributed by atoms with Crippen molar-refractivity contribution in [1.82, 2.24) is 0 Å². The van der Waals surface area contributed by atoms with E-state index < -0.39 is 6.17 Å². The summed E-state index contributed by atoms with van der Waals surface area (Å²) in [6.07, 6.45) is 4.63. The lowest BCUT2D eigenvalue weighted by Gasteiger charge is -2.11. The number of benzene rings is 1. The Labute approximate surface area is 103 Å². The molecule has 0 aliphatic heterocycles. The van der Waals surface area contributed by atoms with Gasteiger partial charge in [-0.1, -0.05) is 24.3 Å². The Kier molecular flexibility index (Phi) is 6.38. The third kappa shape index (κ3) is 5.53. The second-order valence-electron chi connectivity index (χ2n) is 4.21. The van der Waals surface area contributed by atoms with Crippen molar-refractivity contribution < 1.29 is 9.13 Å². The Hall–Kier alpha value is -1.31. The van der Waals surface area contributed by atoms with E-state index >= 15 is 0 Å². The SMILES string of the molecule is C=CCCCc1ccccc1OCC[C@H](C)F. The van der Waals surface area contributed by atoms with Crippen LogP contribution < -0.4 is 4.74 Å². The molecule has 0 fully saturated rings. The number of ether oxygens (including phenoxy) is 1. The summed E-state index contributed by atoms with van der Waals surface area (Å²) in [6, 6.07) is 7.97. The second-order valence-corrected chi connectivity index (χ2v) is 4.21. The summed E-state index contributed by atoms with van der Waals surface area (Å²) in [5, 5.41) is 0. The summed E-state index contributed by atoms with van der Waals surface area (Å²) in [6.45, 7) is 5.71. The van der Waals surface area contributed by atoms with Gasteiger partial charge in [0.05, 0.1) is 6.61 Å². The molecular weight excluding hydrogens is 215 g/mol. The van der Waals surface area contributed by atoms with Gasteiger partial charge in [0.2, 0.25) is 0 Å². The van der Waals surface area contributed by atoms with E-state index in [0.29, 0.717) is 13.0 Å². The van der Waals surface area contributed by atoms with E-state index in [1.165, 1.54) is 5.56 Å². The van der Waals surface area contributed by atoms with Crippen molar-refractivity contribution in [3.8, 4) is 5.75 Å².